The zero-order chi connectivity index (χ0) is 16.9. The molecule has 3 N–H and O–H groups in total. The lowest BCUT2D eigenvalue weighted by molar-refractivity contribution is -0.120. The molecule has 8 heteroatoms. The van der Waals surface area contributed by atoms with E-state index in [1.165, 1.54) is 17.6 Å². The summed E-state index contributed by atoms with van der Waals surface area (Å²) in [5.74, 6) is 0.103. The third-order valence-corrected chi connectivity index (χ3v) is 4.47. The molecule has 0 aromatic carbocycles. The lowest BCUT2D eigenvalue weighted by atomic mass is 10.4. The van der Waals surface area contributed by atoms with Crippen molar-refractivity contribution in [2.45, 2.75) is 19.4 Å². The second-order valence-corrected chi connectivity index (χ2v) is 6.55. The number of anilines is 1. The largest absolute Gasteiger partial charge is 0.467 e. The van der Waals surface area contributed by atoms with Gasteiger partial charge < -0.3 is 20.4 Å². The minimum atomic E-state index is -0.347. The first-order valence-corrected chi connectivity index (χ1v) is 8.41. The highest BCUT2D eigenvalue weighted by atomic mass is 32.1. The Kier molecular flexibility index (Phi) is 4.95. The van der Waals surface area contributed by atoms with Gasteiger partial charge in [-0.15, -0.1) is 11.3 Å². The van der Waals surface area contributed by atoms with Crippen LogP contribution in [0, 0.1) is 5.92 Å². The van der Waals surface area contributed by atoms with Gasteiger partial charge in [0.25, 0.3) is 5.91 Å². The summed E-state index contributed by atoms with van der Waals surface area (Å²) in [6.45, 7) is 0.152. The van der Waals surface area contributed by atoms with Crippen LogP contribution in [-0.4, -0.2) is 24.3 Å². The topological polar surface area (TPSA) is 100 Å². The van der Waals surface area contributed by atoms with Gasteiger partial charge in [-0.1, -0.05) is 0 Å². The molecule has 0 atom stereocenters. The second-order valence-electron chi connectivity index (χ2n) is 5.47. The van der Waals surface area contributed by atoms with E-state index >= 15 is 0 Å². The first-order valence-electron chi connectivity index (χ1n) is 7.60. The number of hydrogen-bond acceptors (Lipinski definition) is 5. The molecule has 2 aromatic rings. The van der Waals surface area contributed by atoms with Gasteiger partial charge in [-0.2, -0.15) is 0 Å². The zero-order valence-electron chi connectivity index (χ0n) is 12.8. The van der Waals surface area contributed by atoms with Gasteiger partial charge in [0, 0.05) is 5.92 Å². The molecule has 1 aliphatic carbocycles. The number of amides is 3. The first-order chi connectivity index (χ1) is 11.6. The lowest BCUT2D eigenvalue weighted by Gasteiger charge is -2.04. The number of thiophene rings is 1. The molecule has 24 heavy (non-hydrogen) atoms. The fourth-order valence-electron chi connectivity index (χ4n) is 2.01. The summed E-state index contributed by atoms with van der Waals surface area (Å²) in [7, 11) is 0. The normalized spacial score (nSPS) is 13.3. The Morgan fingerprint density at radius 3 is 2.71 bits per heavy atom. The molecule has 2 aromatic heterocycles. The van der Waals surface area contributed by atoms with Crippen molar-refractivity contribution in [3.05, 3.63) is 41.2 Å². The van der Waals surface area contributed by atoms with E-state index in [1.54, 1.807) is 24.3 Å². The van der Waals surface area contributed by atoms with Crippen molar-refractivity contribution in [2.75, 3.05) is 11.9 Å². The highest BCUT2D eigenvalue weighted by Crippen LogP contribution is 2.31. The van der Waals surface area contributed by atoms with Crippen molar-refractivity contribution < 1.29 is 18.8 Å². The highest BCUT2D eigenvalue weighted by Gasteiger charge is 2.29. The third-order valence-electron chi connectivity index (χ3n) is 3.47. The van der Waals surface area contributed by atoms with Crippen LogP contribution in [0.15, 0.2) is 34.9 Å². The van der Waals surface area contributed by atoms with Crippen molar-refractivity contribution in [3.63, 3.8) is 0 Å². The highest BCUT2D eigenvalue weighted by molar-refractivity contribution is 7.18. The number of carbonyl (C=O) groups is 3. The molecular formula is C16H17N3O4S. The van der Waals surface area contributed by atoms with Crippen molar-refractivity contribution in [1.29, 1.82) is 0 Å². The minimum absolute atomic E-state index is 0.00103. The summed E-state index contributed by atoms with van der Waals surface area (Å²) < 4.78 is 5.10. The molecule has 1 saturated carbocycles. The Bertz CT molecular complexity index is 734. The Balaban J connectivity index is 1.42. The van der Waals surface area contributed by atoms with Gasteiger partial charge in [-0.25, -0.2) is 0 Å². The third kappa shape index (κ3) is 4.45. The average Bonchev–Trinajstić information content (AvgIpc) is 3.10. The standard InChI is InChI=1S/C16H17N3O4S/c20-13(17-8-11-2-1-7-23-11)9-18-16(22)12-5-6-14(24-12)19-15(21)10-3-4-10/h1-2,5-7,10H,3-4,8-9H2,(H,17,20)(H,18,22)(H,19,21). The van der Waals surface area contributed by atoms with Gasteiger partial charge >= 0.3 is 0 Å². The van der Waals surface area contributed by atoms with Crippen LogP contribution in [0.5, 0.6) is 0 Å². The monoisotopic (exact) mass is 347 g/mol. The summed E-state index contributed by atoms with van der Waals surface area (Å²) in [6.07, 6.45) is 3.38. The molecule has 0 spiro atoms. The summed E-state index contributed by atoms with van der Waals surface area (Å²) in [5, 5.41) is 8.62. The van der Waals surface area contributed by atoms with E-state index in [-0.39, 0.29) is 36.7 Å². The lowest BCUT2D eigenvalue weighted by Crippen LogP contribution is -2.36. The smallest absolute Gasteiger partial charge is 0.261 e. The zero-order valence-corrected chi connectivity index (χ0v) is 13.7. The average molecular weight is 347 g/mol. The molecule has 0 bridgehead atoms. The molecule has 7 nitrogen and oxygen atoms in total. The minimum Gasteiger partial charge on any atom is -0.467 e. The van der Waals surface area contributed by atoms with E-state index in [4.69, 9.17) is 4.42 Å². The molecule has 126 valence electrons. The van der Waals surface area contributed by atoms with Crippen molar-refractivity contribution in [3.8, 4) is 0 Å². The summed E-state index contributed by atoms with van der Waals surface area (Å²) in [6, 6.07) is 6.81. The van der Waals surface area contributed by atoms with Crippen LogP contribution < -0.4 is 16.0 Å². The summed E-state index contributed by atoms with van der Waals surface area (Å²) in [4.78, 5) is 35.8. The molecule has 2 heterocycles. The number of hydrogen-bond donors (Lipinski definition) is 3. The maximum absolute atomic E-state index is 12.0. The molecular weight excluding hydrogens is 330 g/mol. The van der Waals surface area contributed by atoms with E-state index in [9.17, 15) is 14.4 Å². The van der Waals surface area contributed by atoms with Gasteiger partial charge in [0.2, 0.25) is 11.8 Å². The number of carbonyl (C=O) groups excluding carboxylic acids is 3. The van der Waals surface area contributed by atoms with Crippen molar-refractivity contribution in [2.24, 2.45) is 5.92 Å². The van der Waals surface area contributed by atoms with Crippen LogP contribution >= 0.6 is 11.3 Å². The summed E-state index contributed by atoms with van der Waals surface area (Å²) >= 11 is 1.19. The molecule has 3 rings (SSSR count). The maximum atomic E-state index is 12.0. The van der Waals surface area contributed by atoms with Crippen molar-refractivity contribution in [1.82, 2.24) is 10.6 Å². The van der Waals surface area contributed by atoms with E-state index in [2.05, 4.69) is 16.0 Å². The fraction of sp³-hybridized carbons (Fsp3) is 0.312. The van der Waals surface area contributed by atoms with Crippen LogP contribution in [0.1, 0.15) is 28.3 Å². The van der Waals surface area contributed by atoms with Crippen LogP contribution in [0.2, 0.25) is 0 Å². The van der Waals surface area contributed by atoms with Crippen LogP contribution in [0.3, 0.4) is 0 Å². The maximum Gasteiger partial charge on any atom is 0.261 e. The van der Waals surface area contributed by atoms with E-state index < -0.39 is 0 Å². The van der Waals surface area contributed by atoms with Crippen LogP contribution in [0.4, 0.5) is 5.00 Å². The van der Waals surface area contributed by atoms with E-state index in [1.807, 2.05) is 0 Å². The molecule has 1 fully saturated rings. The molecule has 0 radical (unpaired) electrons. The Labute approximate surface area is 142 Å². The summed E-state index contributed by atoms with van der Waals surface area (Å²) in [5.41, 5.74) is 0. The quantitative estimate of drug-likeness (QED) is 0.710. The van der Waals surface area contributed by atoms with Gasteiger partial charge in [0.05, 0.1) is 29.2 Å². The fourth-order valence-corrected chi connectivity index (χ4v) is 2.83. The predicted molar refractivity (Wildman–Crippen MR) is 88.6 cm³/mol. The van der Waals surface area contributed by atoms with Crippen LogP contribution in [-0.2, 0) is 16.1 Å². The van der Waals surface area contributed by atoms with Gasteiger partial charge in [-0.3, -0.25) is 14.4 Å². The molecule has 3 amide bonds. The van der Waals surface area contributed by atoms with E-state index in [0.717, 1.165) is 12.8 Å². The van der Waals surface area contributed by atoms with Gasteiger partial charge in [-0.05, 0) is 37.1 Å². The van der Waals surface area contributed by atoms with Gasteiger partial charge in [0.1, 0.15) is 5.76 Å². The molecule has 1 aliphatic rings. The number of furan rings is 1. The first kappa shape index (κ1) is 16.3. The number of nitrogens with one attached hydrogen (secondary N) is 3. The van der Waals surface area contributed by atoms with Gasteiger partial charge in [0.15, 0.2) is 0 Å². The second kappa shape index (κ2) is 7.31. The molecule has 0 unspecified atom stereocenters. The van der Waals surface area contributed by atoms with Crippen LogP contribution in [0.25, 0.3) is 0 Å². The Morgan fingerprint density at radius 2 is 2.00 bits per heavy atom. The predicted octanol–water partition coefficient (Wildman–Crippen LogP) is 1.74. The Hall–Kier alpha value is -2.61. The molecule has 0 saturated heterocycles. The van der Waals surface area contributed by atoms with E-state index in [0.29, 0.717) is 15.6 Å². The number of rotatable bonds is 7. The Morgan fingerprint density at radius 1 is 1.17 bits per heavy atom. The molecule has 0 aliphatic heterocycles. The van der Waals surface area contributed by atoms with Crippen molar-refractivity contribution >= 4 is 34.1 Å². The SMILES string of the molecule is O=C(CNC(=O)c1ccc(NC(=O)C2CC2)s1)NCc1ccco1.